The van der Waals surface area contributed by atoms with Crippen LogP contribution in [0.1, 0.15) is 28.7 Å². The van der Waals surface area contributed by atoms with Crippen LogP contribution in [0, 0.1) is 5.82 Å². The lowest BCUT2D eigenvalue weighted by molar-refractivity contribution is 0.574. The van der Waals surface area contributed by atoms with Gasteiger partial charge in [-0.05, 0) is 54.4 Å². The van der Waals surface area contributed by atoms with E-state index in [2.05, 4.69) is 15.9 Å². The molecule has 0 spiro atoms. The standard InChI is InChI=1S/C11H10BrF/c12-10-6-2-1-3-8(6)11(13)9-5-4-7(9)10/h1-5H2. The third-order valence-corrected chi connectivity index (χ3v) is 4.22. The Morgan fingerprint density at radius 3 is 2.08 bits per heavy atom. The average Bonchev–Trinajstić information content (AvgIpc) is 2.47. The molecule has 0 N–H and O–H groups in total. The Labute approximate surface area is 85.3 Å². The number of rotatable bonds is 0. The van der Waals surface area contributed by atoms with E-state index in [1.165, 1.54) is 15.6 Å². The van der Waals surface area contributed by atoms with E-state index in [9.17, 15) is 4.39 Å². The molecule has 0 saturated carbocycles. The third-order valence-electron chi connectivity index (χ3n) is 3.27. The molecule has 0 amide bonds. The van der Waals surface area contributed by atoms with E-state index < -0.39 is 0 Å². The maximum atomic E-state index is 13.8. The third kappa shape index (κ3) is 0.899. The van der Waals surface area contributed by atoms with Crippen LogP contribution in [-0.2, 0) is 25.7 Å². The molecule has 0 atom stereocenters. The second kappa shape index (κ2) is 2.57. The summed E-state index contributed by atoms with van der Waals surface area (Å²) in [6.07, 6.45) is 5.11. The molecular weight excluding hydrogens is 231 g/mol. The maximum absolute atomic E-state index is 13.8. The van der Waals surface area contributed by atoms with Gasteiger partial charge >= 0.3 is 0 Å². The Kier molecular flexibility index (Phi) is 1.58. The largest absolute Gasteiger partial charge is 0.206 e. The van der Waals surface area contributed by atoms with E-state index in [1.807, 2.05) is 0 Å². The van der Waals surface area contributed by atoms with Gasteiger partial charge in [-0.2, -0.15) is 0 Å². The maximum Gasteiger partial charge on any atom is 0.130 e. The topological polar surface area (TPSA) is 0 Å². The Hall–Kier alpha value is -0.370. The molecule has 13 heavy (non-hydrogen) atoms. The van der Waals surface area contributed by atoms with E-state index in [0.29, 0.717) is 0 Å². The predicted molar refractivity (Wildman–Crippen MR) is 53.5 cm³/mol. The minimum absolute atomic E-state index is 0.108. The van der Waals surface area contributed by atoms with Crippen LogP contribution in [0.4, 0.5) is 4.39 Å². The number of hydrogen-bond donors (Lipinski definition) is 0. The first-order valence-electron chi connectivity index (χ1n) is 4.79. The molecule has 2 aliphatic rings. The molecule has 0 heterocycles. The lowest BCUT2D eigenvalue weighted by atomic mass is 9.85. The lowest BCUT2D eigenvalue weighted by Gasteiger charge is -2.24. The van der Waals surface area contributed by atoms with Crippen molar-refractivity contribution in [3.05, 3.63) is 32.5 Å². The zero-order valence-corrected chi connectivity index (χ0v) is 8.88. The molecule has 68 valence electrons. The van der Waals surface area contributed by atoms with Crippen LogP contribution in [-0.4, -0.2) is 0 Å². The Morgan fingerprint density at radius 2 is 1.38 bits per heavy atom. The Bertz CT molecular complexity index is 359. The van der Waals surface area contributed by atoms with Crippen molar-refractivity contribution in [2.75, 3.05) is 0 Å². The summed E-state index contributed by atoms with van der Waals surface area (Å²) in [5.74, 6) is 0.108. The van der Waals surface area contributed by atoms with Crippen LogP contribution < -0.4 is 0 Å². The molecule has 0 aromatic heterocycles. The van der Waals surface area contributed by atoms with Gasteiger partial charge in [0.25, 0.3) is 0 Å². The number of fused-ring (bicyclic) bond motifs is 2. The second-order valence-electron chi connectivity index (χ2n) is 3.90. The summed E-state index contributed by atoms with van der Waals surface area (Å²) in [5, 5.41) is 0. The number of hydrogen-bond acceptors (Lipinski definition) is 0. The van der Waals surface area contributed by atoms with E-state index in [-0.39, 0.29) is 5.82 Å². The smallest absolute Gasteiger partial charge is 0.130 e. The van der Waals surface area contributed by atoms with Crippen LogP contribution in [0.3, 0.4) is 0 Å². The van der Waals surface area contributed by atoms with Gasteiger partial charge in [0.1, 0.15) is 5.82 Å². The highest BCUT2D eigenvalue weighted by molar-refractivity contribution is 9.10. The van der Waals surface area contributed by atoms with Crippen molar-refractivity contribution in [2.24, 2.45) is 0 Å². The Balaban J connectivity index is 2.35. The number of benzene rings is 1. The Morgan fingerprint density at radius 1 is 0.846 bits per heavy atom. The van der Waals surface area contributed by atoms with Gasteiger partial charge in [0, 0.05) is 4.47 Å². The molecule has 0 unspecified atom stereocenters. The molecule has 0 radical (unpaired) electrons. The normalized spacial score (nSPS) is 18.0. The first kappa shape index (κ1) is 7.98. The summed E-state index contributed by atoms with van der Waals surface area (Å²) >= 11 is 3.60. The fourth-order valence-corrected chi connectivity index (χ4v) is 3.33. The molecule has 0 saturated heterocycles. The van der Waals surface area contributed by atoms with Crippen LogP contribution in [0.25, 0.3) is 0 Å². The highest BCUT2D eigenvalue weighted by Crippen LogP contribution is 2.41. The fraction of sp³-hybridized carbons (Fsp3) is 0.455. The summed E-state index contributed by atoms with van der Waals surface area (Å²) in [6, 6.07) is 0. The SMILES string of the molecule is Fc1c2c(c(Br)c3c1CC3)CCC2. The van der Waals surface area contributed by atoms with Crippen molar-refractivity contribution < 1.29 is 4.39 Å². The van der Waals surface area contributed by atoms with Crippen molar-refractivity contribution in [2.45, 2.75) is 32.1 Å². The predicted octanol–water partition coefficient (Wildman–Crippen LogP) is 3.18. The van der Waals surface area contributed by atoms with Crippen LogP contribution in [0.2, 0.25) is 0 Å². The molecule has 0 nitrogen and oxygen atoms in total. The van der Waals surface area contributed by atoms with Crippen molar-refractivity contribution >= 4 is 15.9 Å². The minimum atomic E-state index is 0.108. The van der Waals surface area contributed by atoms with Crippen LogP contribution in [0.15, 0.2) is 4.47 Å². The fourth-order valence-electron chi connectivity index (χ4n) is 2.45. The zero-order chi connectivity index (χ0) is 9.00. The summed E-state index contributed by atoms with van der Waals surface area (Å²) < 4.78 is 15.0. The zero-order valence-electron chi connectivity index (χ0n) is 7.29. The minimum Gasteiger partial charge on any atom is -0.206 e. The van der Waals surface area contributed by atoms with Gasteiger partial charge in [0.05, 0.1) is 0 Å². The molecule has 2 heteroatoms. The van der Waals surface area contributed by atoms with Gasteiger partial charge in [-0.1, -0.05) is 15.9 Å². The first-order valence-corrected chi connectivity index (χ1v) is 5.59. The van der Waals surface area contributed by atoms with Crippen molar-refractivity contribution in [1.29, 1.82) is 0 Å². The number of halogens is 2. The summed E-state index contributed by atoms with van der Waals surface area (Å²) in [4.78, 5) is 0. The molecule has 0 aliphatic heterocycles. The van der Waals surface area contributed by atoms with E-state index in [0.717, 1.165) is 43.2 Å². The molecule has 1 aromatic carbocycles. The molecule has 1 aromatic rings. The van der Waals surface area contributed by atoms with Gasteiger partial charge < -0.3 is 0 Å². The van der Waals surface area contributed by atoms with Crippen LogP contribution >= 0.6 is 15.9 Å². The highest BCUT2D eigenvalue weighted by atomic mass is 79.9. The highest BCUT2D eigenvalue weighted by Gasteiger charge is 2.29. The molecule has 0 bridgehead atoms. The molecular formula is C11H10BrF. The first-order chi connectivity index (χ1) is 6.29. The summed E-state index contributed by atoms with van der Waals surface area (Å²) in [7, 11) is 0. The van der Waals surface area contributed by atoms with Gasteiger partial charge in [-0.3, -0.25) is 0 Å². The van der Waals surface area contributed by atoms with Gasteiger partial charge in [-0.25, -0.2) is 4.39 Å². The monoisotopic (exact) mass is 240 g/mol. The molecule has 0 fully saturated rings. The van der Waals surface area contributed by atoms with E-state index in [4.69, 9.17) is 0 Å². The average molecular weight is 241 g/mol. The van der Waals surface area contributed by atoms with Crippen molar-refractivity contribution in [3.63, 3.8) is 0 Å². The molecule has 2 aliphatic carbocycles. The van der Waals surface area contributed by atoms with Gasteiger partial charge in [0.15, 0.2) is 0 Å². The molecule has 3 rings (SSSR count). The van der Waals surface area contributed by atoms with Gasteiger partial charge in [0.2, 0.25) is 0 Å². The lowest BCUT2D eigenvalue weighted by Crippen LogP contribution is -2.15. The summed E-state index contributed by atoms with van der Waals surface area (Å²) in [6.45, 7) is 0. The van der Waals surface area contributed by atoms with E-state index in [1.54, 1.807) is 0 Å². The summed E-state index contributed by atoms with van der Waals surface area (Å²) in [5.41, 5.74) is 4.45. The van der Waals surface area contributed by atoms with Crippen molar-refractivity contribution in [1.82, 2.24) is 0 Å². The quantitative estimate of drug-likeness (QED) is 0.654. The second-order valence-corrected chi connectivity index (χ2v) is 4.69. The van der Waals surface area contributed by atoms with E-state index >= 15 is 0 Å². The van der Waals surface area contributed by atoms with Gasteiger partial charge in [-0.15, -0.1) is 0 Å². The van der Waals surface area contributed by atoms with Crippen LogP contribution in [0.5, 0.6) is 0 Å². The van der Waals surface area contributed by atoms with Crippen molar-refractivity contribution in [3.8, 4) is 0 Å².